The summed E-state index contributed by atoms with van der Waals surface area (Å²) in [4.78, 5) is 11.7. The molecule has 0 aromatic heterocycles. The van der Waals surface area contributed by atoms with Crippen LogP contribution in [0.4, 0.5) is 5.69 Å². The van der Waals surface area contributed by atoms with Crippen LogP contribution in [0.1, 0.15) is 5.56 Å². The lowest BCUT2D eigenvalue weighted by atomic mass is 9.98. The fourth-order valence-corrected chi connectivity index (χ4v) is 2.10. The molecule has 1 heterocycles. The number of hydrogen-bond donors (Lipinski definition) is 1. The van der Waals surface area contributed by atoms with Crippen LogP contribution < -0.4 is 10.5 Å². The Bertz CT molecular complexity index is 605. The molecule has 0 aliphatic carbocycles. The Balaban J connectivity index is 2.29. The maximum atomic E-state index is 11.7. The standard InChI is InChI=1S/C14H11NO2/c15-10-5-6-12-11-4-2-1-3-9(11)7-14(16)17-13(12)8-10/h1-6,8H,7,15H2. The van der Waals surface area contributed by atoms with E-state index in [1.165, 1.54) is 0 Å². The van der Waals surface area contributed by atoms with Gasteiger partial charge in [-0.3, -0.25) is 4.79 Å². The average Bonchev–Trinajstić information content (AvgIpc) is 2.43. The van der Waals surface area contributed by atoms with E-state index in [0.29, 0.717) is 17.9 Å². The molecular formula is C14H11NO2. The smallest absolute Gasteiger partial charge is 0.315 e. The molecule has 1 aliphatic rings. The van der Waals surface area contributed by atoms with Crippen molar-refractivity contribution in [3.63, 3.8) is 0 Å². The Hall–Kier alpha value is -2.29. The van der Waals surface area contributed by atoms with Crippen LogP contribution in [0.2, 0.25) is 0 Å². The van der Waals surface area contributed by atoms with Gasteiger partial charge in [0.25, 0.3) is 0 Å². The maximum Gasteiger partial charge on any atom is 0.315 e. The number of anilines is 1. The third-order valence-corrected chi connectivity index (χ3v) is 2.87. The van der Waals surface area contributed by atoms with Crippen LogP contribution in [0.3, 0.4) is 0 Å². The maximum absolute atomic E-state index is 11.7. The van der Waals surface area contributed by atoms with Gasteiger partial charge in [0.2, 0.25) is 0 Å². The lowest BCUT2D eigenvalue weighted by Gasteiger charge is -2.07. The van der Waals surface area contributed by atoms with Crippen molar-refractivity contribution < 1.29 is 9.53 Å². The molecule has 2 aromatic rings. The molecule has 0 unspecified atom stereocenters. The second-order valence-corrected chi connectivity index (χ2v) is 4.06. The second-order valence-electron chi connectivity index (χ2n) is 4.06. The van der Waals surface area contributed by atoms with E-state index in [4.69, 9.17) is 10.5 Å². The number of fused-ring (bicyclic) bond motifs is 3. The molecule has 17 heavy (non-hydrogen) atoms. The van der Waals surface area contributed by atoms with E-state index in [9.17, 15) is 4.79 Å². The quantitative estimate of drug-likeness (QED) is 0.425. The third kappa shape index (κ3) is 1.65. The minimum atomic E-state index is -0.248. The molecule has 0 amide bonds. The first kappa shape index (κ1) is 9.90. The summed E-state index contributed by atoms with van der Waals surface area (Å²) in [7, 11) is 0. The van der Waals surface area contributed by atoms with Gasteiger partial charge in [0.1, 0.15) is 5.75 Å². The van der Waals surface area contributed by atoms with Crippen molar-refractivity contribution in [3.05, 3.63) is 48.0 Å². The molecule has 0 radical (unpaired) electrons. The van der Waals surface area contributed by atoms with Crippen LogP contribution in [0.5, 0.6) is 5.75 Å². The molecule has 84 valence electrons. The van der Waals surface area contributed by atoms with E-state index in [1.54, 1.807) is 6.07 Å². The highest BCUT2D eigenvalue weighted by molar-refractivity contribution is 5.87. The van der Waals surface area contributed by atoms with Gasteiger partial charge >= 0.3 is 5.97 Å². The van der Waals surface area contributed by atoms with Crippen LogP contribution in [0.15, 0.2) is 42.5 Å². The molecule has 0 fully saturated rings. The fraction of sp³-hybridized carbons (Fsp3) is 0.0714. The Kier molecular flexibility index (Phi) is 2.11. The van der Waals surface area contributed by atoms with Crippen LogP contribution in [-0.4, -0.2) is 5.97 Å². The molecule has 3 heteroatoms. The summed E-state index contributed by atoms with van der Waals surface area (Å²) < 4.78 is 5.30. The number of carbonyl (C=O) groups excluding carboxylic acids is 1. The molecule has 0 atom stereocenters. The highest BCUT2D eigenvalue weighted by Crippen LogP contribution is 2.36. The highest BCUT2D eigenvalue weighted by atomic mass is 16.5. The zero-order valence-corrected chi connectivity index (χ0v) is 9.14. The number of esters is 1. The molecule has 2 N–H and O–H groups in total. The number of hydrogen-bond acceptors (Lipinski definition) is 3. The first-order chi connectivity index (χ1) is 8.24. The number of ether oxygens (including phenoxy) is 1. The number of carbonyl (C=O) groups is 1. The molecule has 2 aromatic carbocycles. The first-order valence-corrected chi connectivity index (χ1v) is 5.42. The molecule has 3 nitrogen and oxygen atoms in total. The monoisotopic (exact) mass is 225 g/mol. The van der Waals surface area contributed by atoms with Crippen molar-refractivity contribution in [2.45, 2.75) is 6.42 Å². The molecular weight excluding hydrogens is 214 g/mol. The van der Waals surface area contributed by atoms with Gasteiger partial charge in [-0.2, -0.15) is 0 Å². The number of benzene rings is 2. The van der Waals surface area contributed by atoms with E-state index < -0.39 is 0 Å². The number of nitrogen functional groups attached to an aromatic ring is 1. The largest absolute Gasteiger partial charge is 0.426 e. The minimum absolute atomic E-state index is 0.248. The van der Waals surface area contributed by atoms with Crippen molar-refractivity contribution in [2.24, 2.45) is 0 Å². The highest BCUT2D eigenvalue weighted by Gasteiger charge is 2.19. The van der Waals surface area contributed by atoms with Crippen molar-refractivity contribution in [1.82, 2.24) is 0 Å². The first-order valence-electron chi connectivity index (χ1n) is 5.42. The Morgan fingerprint density at radius 1 is 1.06 bits per heavy atom. The summed E-state index contributed by atoms with van der Waals surface area (Å²) >= 11 is 0. The molecule has 0 bridgehead atoms. The van der Waals surface area contributed by atoms with E-state index in [0.717, 1.165) is 16.7 Å². The van der Waals surface area contributed by atoms with Crippen LogP contribution in [0.25, 0.3) is 11.1 Å². The summed E-state index contributed by atoms with van der Waals surface area (Å²) in [5.41, 5.74) is 9.24. The van der Waals surface area contributed by atoms with Gasteiger partial charge in [0.05, 0.1) is 6.42 Å². The molecule has 1 aliphatic heterocycles. The van der Waals surface area contributed by atoms with Crippen molar-refractivity contribution >= 4 is 11.7 Å². The van der Waals surface area contributed by atoms with Gasteiger partial charge in [-0.05, 0) is 23.3 Å². The Labute approximate surface area is 98.8 Å². The van der Waals surface area contributed by atoms with Crippen LogP contribution >= 0.6 is 0 Å². The Morgan fingerprint density at radius 3 is 2.76 bits per heavy atom. The van der Waals surface area contributed by atoms with Crippen LogP contribution in [0, 0.1) is 0 Å². The lowest BCUT2D eigenvalue weighted by molar-refractivity contribution is -0.133. The van der Waals surface area contributed by atoms with Crippen molar-refractivity contribution in [3.8, 4) is 16.9 Å². The zero-order valence-electron chi connectivity index (χ0n) is 9.14. The van der Waals surface area contributed by atoms with E-state index >= 15 is 0 Å². The van der Waals surface area contributed by atoms with Gasteiger partial charge in [0, 0.05) is 17.3 Å². The van der Waals surface area contributed by atoms with Gasteiger partial charge in [-0.25, -0.2) is 0 Å². The van der Waals surface area contributed by atoms with Gasteiger partial charge in [0.15, 0.2) is 0 Å². The normalized spacial score (nSPS) is 13.3. The van der Waals surface area contributed by atoms with Gasteiger partial charge in [-0.1, -0.05) is 24.3 Å². The molecule has 0 saturated heterocycles. The average molecular weight is 225 g/mol. The predicted octanol–water partition coefficient (Wildman–Crippen LogP) is 2.40. The topological polar surface area (TPSA) is 52.3 Å². The summed E-state index contributed by atoms with van der Waals surface area (Å²) in [5, 5.41) is 0. The lowest BCUT2D eigenvalue weighted by Crippen LogP contribution is -2.09. The fourth-order valence-electron chi connectivity index (χ4n) is 2.10. The Morgan fingerprint density at radius 2 is 1.88 bits per heavy atom. The summed E-state index contributed by atoms with van der Waals surface area (Å²) in [6, 6.07) is 13.2. The predicted molar refractivity (Wildman–Crippen MR) is 65.6 cm³/mol. The van der Waals surface area contributed by atoms with Gasteiger partial charge < -0.3 is 10.5 Å². The van der Waals surface area contributed by atoms with Gasteiger partial charge in [-0.15, -0.1) is 0 Å². The van der Waals surface area contributed by atoms with E-state index in [1.807, 2.05) is 36.4 Å². The summed E-state index contributed by atoms with van der Waals surface area (Å²) in [6.45, 7) is 0. The minimum Gasteiger partial charge on any atom is -0.426 e. The van der Waals surface area contributed by atoms with Crippen molar-refractivity contribution in [2.75, 3.05) is 5.73 Å². The SMILES string of the molecule is Nc1ccc2c(c1)OC(=O)Cc1ccccc1-2. The third-order valence-electron chi connectivity index (χ3n) is 2.87. The number of nitrogens with two attached hydrogens (primary N) is 1. The zero-order chi connectivity index (χ0) is 11.8. The molecule has 0 spiro atoms. The van der Waals surface area contributed by atoms with Crippen LogP contribution in [-0.2, 0) is 11.2 Å². The number of rotatable bonds is 0. The molecule has 0 saturated carbocycles. The van der Waals surface area contributed by atoms with Crippen molar-refractivity contribution in [1.29, 1.82) is 0 Å². The molecule has 3 rings (SSSR count). The van der Waals surface area contributed by atoms with E-state index in [-0.39, 0.29) is 5.97 Å². The van der Waals surface area contributed by atoms with E-state index in [2.05, 4.69) is 0 Å². The summed E-state index contributed by atoms with van der Waals surface area (Å²) in [5.74, 6) is 0.293. The summed E-state index contributed by atoms with van der Waals surface area (Å²) in [6.07, 6.45) is 0.296. The second kappa shape index (κ2) is 3.63.